The number of rotatable bonds is 4. The SMILES string of the molecule is CNCCc1cc(OC)cc(C)c1Br. The van der Waals surface area contributed by atoms with Crippen molar-refractivity contribution in [1.82, 2.24) is 5.32 Å². The Bertz CT molecular complexity index is 312. The van der Waals surface area contributed by atoms with Crippen molar-refractivity contribution in [3.8, 4) is 5.75 Å². The number of nitrogens with one attached hydrogen (secondary N) is 1. The molecule has 14 heavy (non-hydrogen) atoms. The van der Waals surface area contributed by atoms with Crippen LogP contribution in [-0.4, -0.2) is 20.7 Å². The summed E-state index contributed by atoms with van der Waals surface area (Å²) in [5, 5.41) is 3.14. The summed E-state index contributed by atoms with van der Waals surface area (Å²) in [6.45, 7) is 3.06. The third-order valence-electron chi connectivity index (χ3n) is 2.18. The van der Waals surface area contributed by atoms with Crippen molar-refractivity contribution in [2.45, 2.75) is 13.3 Å². The second-order valence-corrected chi connectivity index (χ2v) is 4.06. The van der Waals surface area contributed by atoms with Crippen molar-refractivity contribution in [3.63, 3.8) is 0 Å². The van der Waals surface area contributed by atoms with Crippen molar-refractivity contribution in [1.29, 1.82) is 0 Å². The lowest BCUT2D eigenvalue weighted by Gasteiger charge is -2.10. The first-order chi connectivity index (χ1) is 6.69. The molecule has 1 aromatic rings. The average molecular weight is 258 g/mol. The zero-order valence-electron chi connectivity index (χ0n) is 8.86. The van der Waals surface area contributed by atoms with Crippen LogP contribution < -0.4 is 10.1 Å². The minimum absolute atomic E-state index is 0.928. The second kappa shape index (κ2) is 5.37. The largest absolute Gasteiger partial charge is 0.497 e. The summed E-state index contributed by atoms with van der Waals surface area (Å²) in [6, 6.07) is 4.11. The summed E-state index contributed by atoms with van der Waals surface area (Å²) in [5.74, 6) is 0.928. The lowest BCUT2D eigenvalue weighted by atomic mass is 10.1. The Hall–Kier alpha value is -0.540. The van der Waals surface area contributed by atoms with Gasteiger partial charge in [0.1, 0.15) is 5.75 Å². The maximum absolute atomic E-state index is 5.23. The average Bonchev–Trinajstić information content (AvgIpc) is 2.20. The molecule has 0 amide bonds. The number of hydrogen-bond donors (Lipinski definition) is 1. The fourth-order valence-electron chi connectivity index (χ4n) is 1.37. The molecule has 0 atom stereocenters. The van der Waals surface area contributed by atoms with Gasteiger partial charge >= 0.3 is 0 Å². The maximum Gasteiger partial charge on any atom is 0.119 e. The maximum atomic E-state index is 5.23. The van der Waals surface area contributed by atoms with Crippen molar-refractivity contribution in [2.24, 2.45) is 0 Å². The molecular weight excluding hydrogens is 242 g/mol. The quantitative estimate of drug-likeness (QED) is 0.896. The molecule has 3 heteroatoms. The Morgan fingerprint density at radius 1 is 1.43 bits per heavy atom. The highest BCUT2D eigenvalue weighted by molar-refractivity contribution is 9.10. The number of hydrogen-bond acceptors (Lipinski definition) is 2. The summed E-state index contributed by atoms with van der Waals surface area (Å²) >= 11 is 3.59. The number of aryl methyl sites for hydroxylation is 1. The molecule has 0 saturated carbocycles. The molecule has 78 valence electrons. The van der Waals surface area contributed by atoms with Gasteiger partial charge in [-0.2, -0.15) is 0 Å². The van der Waals surface area contributed by atoms with Gasteiger partial charge in [0.2, 0.25) is 0 Å². The number of benzene rings is 1. The monoisotopic (exact) mass is 257 g/mol. The van der Waals surface area contributed by atoms with E-state index in [-0.39, 0.29) is 0 Å². The van der Waals surface area contributed by atoms with Crippen LogP contribution in [0, 0.1) is 6.92 Å². The number of ether oxygens (including phenoxy) is 1. The van der Waals surface area contributed by atoms with E-state index >= 15 is 0 Å². The highest BCUT2D eigenvalue weighted by Crippen LogP contribution is 2.27. The van der Waals surface area contributed by atoms with Gasteiger partial charge in [-0.05, 0) is 50.2 Å². The molecule has 2 nitrogen and oxygen atoms in total. The van der Waals surface area contributed by atoms with Crippen LogP contribution in [0.3, 0.4) is 0 Å². The van der Waals surface area contributed by atoms with Crippen molar-refractivity contribution >= 4 is 15.9 Å². The Labute approximate surface area is 93.8 Å². The van der Waals surface area contributed by atoms with E-state index in [2.05, 4.69) is 34.2 Å². The van der Waals surface area contributed by atoms with E-state index in [1.807, 2.05) is 13.1 Å². The van der Waals surface area contributed by atoms with Gasteiger partial charge in [0, 0.05) is 4.47 Å². The first kappa shape index (κ1) is 11.5. The molecule has 0 saturated heterocycles. The molecule has 1 rings (SSSR count). The van der Waals surface area contributed by atoms with E-state index in [4.69, 9.17) is 4.74 Å². The van der Waals surface area contributed by atoms with Crippen LogP contribution in [0.1, 0.15) is 11.1 Å². The first-order valence-electron chi connectivity index (χ1n) is 4.66. The Morgan fingerprint density at radius 2 is 2.14 bits per heavy atom. The molecule has 0 aliphatic rings. The summed E-state index contributed by atoms with van der Waals surface area (Å²) in [5.41, 5.74) is 2.51. The van der Waals surface area contributed by atoms with E-state index in [9.17, 15) is 0 Å². The molecule has 0 heterocycles. The summed E-state index contributed by atoms with van der Waals surface area (Å²) < 4.78 is 6.42. The minimum atomic E-state index is 0.928. The normalized spacial score (nSPS) is 10.3. The van der Waals surface area contributed by atoms with Crippen LogP contribution in [0.25, 0.3) is 0 Å². The van der Waals surface area contributed by atoms with Gasteiger partial charge in [0.25, 0.3) is 0 Å². The van der Waals surface area contributed by atoms with E-state index in [0.29, 0.717) is 0 Å². The zero-order valence-corrected chi connectivity index (χ0v) is 10.4. The van der Waals surface area contributed by atoms with Gasteiger partial charge in [-0.25, -0.2) is 0 Å². The van der Waals surface area contributed by atoms with E-state index in [1.54, 1.807) is 7.11 Å². The van der Waals surface area contributed by atoms with Gasteiger partial charge in [0.15, 0.2) is 0 Å². The summed E-state index contributed by atoms with van der Waals surface area (Å²) in [7, 11) is 3.66. The molecule has 0 aliphatic heterocycles. The van der Waals surface area contributed by atoms with E-state index in [1.165, 1.54) is 15.6 Å². The van der Waals surface area contributed by atoms with Crippen LogP contribution >= 0.6 is 15.9 Å². The molecule has 0 fully saturated rings. The minimum Gasteiger partial charge on any atom is -0.497 e. The highest BCUT2D eigenvalue weighted by atomic mass is 79.9. The third-order valence-corrected chi connectivity index (χ3v) is 3.32. The first-order valence-corrected chi connectivity index (χ1v) is 5.46. The van der Waals surface area contributed by atoms with Gasteiger partial charge in [-0.1, -0.05) is 15.9 Å². The summed E-state index contributed by atoms with van der Waals surface area (Å²) in [6.07, 6.45) is 1.01. The standard InChI is InChI=1S/C11H16BrNO/c1-8-6-10(14-3)7-9(11(8)12)4-5-13-2/h6-7,13H,4-5H2,1-3H3. The molecule has 0 bridgehead atoms. The molecule has 0 aromatic heterocycles. The topological polar surface area (TPSA) is 21.3 Å². The van der Waals surface area contributed by atoms with Crippen LogP contribution in [0.5, 0.6) is 5.75 Å². The molecule has 1 aromatic carbocycles. The molecule has 1 N–H and O–H groups in total. The zero-order chi connectivity index (χ0) is 10.6. The smallest absolute Gasteiger partial charge is 0.119 e. The predicted molar refractivity (Wildman–Crippen MR) is 63.1 cm³/mol. The van der Waals surface area contributed by atoms with Crippen molar-refractivity contribution in [3.05, 3.63) is 27.7 Å². The highest BCUT2D eigenvalue weighted by Gasteiger charge is 2.05. The third kappa shape index (κ3) is 2.72. The van der Waals surface area contributed by atoms with Crippen LogP contribution in [-0.2, 0) is 6.42 Å². The van der Waals surface area contributed by atoms with Crippen LogP contribution in [0.15, 0.2) is 16.6 Å². The summed E-state index contributed by atoms with van der Waals surface area (Å²) in [4.78, 5) is 0. The Morgan fingerprint density at radius 3 is 2.71 bits per heavy atom. The van der Waals surface area contributed by atoms with Gasteiger partial charge < -0.3 is 10.1 Å². The molecule has 0 aliphatic carbocycles. The number of likely N-dealkylation sites (N-methyl/N-ethyl adjacent to an activating group) is 1. The lowest BCUT2D eigenvalue weighted by molar-refractivity contribution is 0.414. The molecule has 0 spiro atoms. The number of methoxy groups -OCH3 is 1. The van der Waals surface area contributed by atoms with Gasteiger partial charge in [0.05, 0.1) is 7.11 Å². The van der Waals surface area contributed by atoms with Gasteiger partial charge in [-0.3, -0.25) is 0 Å². The number of halogens is 1. The fourth-order valence-corrected chi connectivity index (χ4v) is 1.79. The molecule has 0 unspecified atom stereocenters. The molecule has 0 radical (unpaired) electrons. The predicted octanol–water partition coefficient (Wildman–Crippen LogP) is 2.53. The van der Waals surface area contributed by atoms with E-state index < -0.39 is 0 Å². The van der Waals surface area contributed by atoms with E-state index in [0.717, 1.165) is 18.7 Å². The molecular formula is C11H16BrNO. The Balaban J connectivity index is 2.95. The fraction of sp³-hybridized carbons (Fsp3) is 0.455. The van der Waals surface area contributed by atoms with Gasteiger partial charge in [-0.15, -0.1) is 0 Å². The van der Waals surface area contributed by atoms with Crippen LogP contribution in [0.4, 0.5) is 0 Å². The van der Waals surface area contributed by atoms with Crippen LogP contribution in [0.2, 0.25) is 0 Å². The van der Waals surface area contributed by atoms with Crippen molar-refractivity contribution < 1.29 is 4.74 Å². The lowest BCUT2D eigenvalue weighted by Crippen LogP contribution is -2.10. The second-order valence-electron chi connectivity index (χ2n) is 3.27. The Kier molecular flexibility index (Phi) is 4.42. The van der Waals surface area contributed by atoms with Crippen molar-refractivity contribution in [2.75, 3.05) is 20.7 Å².